The average molecular weight is 261 g/mol. The summed E-state index contributed by atoms with van der Waals surface area (Å²) in [4.78, 5) is 14.6. The van der Waals surface area contributed by atoms with Gasteiger partial charge in [0.25, 0.3) is 0 Å². The third kappa shape index (κ3) is 1.37. The van der Waals surface area contributed by atoms with Crippen LogP contribution in [0, 0.1) is 0 Å². The van der Waals surface area contributed by atoms with Gasteiger partial charge < -0.3 is 10.1 Å². The first-order valence-corrected chi connectivity index (χ1v) is 6.41. The third-order valence-electron chi connectivity index (χ3n) is 3.75. The van der Waals surface area contributed by atoms with Gasteiger partial charge in [0.1, 0.15) is 0 Å². The van der Waals surface area contributed by atoms with Crippen LogP contribution in [0.25, 0.3) is 32.6 Å². The van der Waals surface area contributed by atoms with E-state index >= 15 is 0 Å². The van der Waals surface area contributed by atoms with Crippen molar-refractivity contribution in [1.29, 1.82) is 0 Å². The van der Waals surface area contributed by atoms with Crippen LogP contribution in [-0.2, 0) is 0 Å². The fourth-order valence-corrected chi connectivity index (χ4v) is 2.87. The Balaban J connectivity index is 2.29. The summed E-state index contributed by atoms with van der Waals surface area (Å²) in [6, 6.07) is 17.6. The number of rotatable bonds is 1. The number of H-pyrrole nitrogens is 1. The van der Waals surface area contributed by atoms with Gasteiger partial charge in [0.05, 0.1) is 11.1 Å². The van der Waals surface area contributed by atoms with E-state index < -0.39 is 5.97 Å². The van der Waals surface area contributed by atoms with Crippen molar-refractivity contribution in [3.8, 4) is 0 Å². The van der Waals surface area contributed by atoms with E-state index in [1.807, 2.05) is 30.3 Å². The van der Waals surface area contributed by atoms with E-state index in [2.05, 4.69) is 17.1 Å². The van der Waals surface area contributed by atoms with Gasteiger partial charge in [0.15, 0.2) is 0 Å². The summed E-state index contributed by atoms with van der Waals surface area (Å²) >= 11 is 0. The number of carbonyl (C=O) groups is 1. The van der Waals surface area contributed by atoms with E-state index in [0.717, 1.165) is 27.1 Å². The van der Waals surface area contributed by atoms with Crippen molar-refractivity contribution >= 4 is 38.5 Å². The lowest BCUT2D eigenvalue weighted by Crippen LogP contribution is -1.96. The normalized spacial score (nSPS) is 11.4. The maximum absolute atomic E-state index is 11.3. The van der Waals surface area contributed by atoms with Crippen LogP contribution in [0.2, 0.25) is 0 Å². The molecule has 4 aromatic rings. The molecule has 0 unspecified atom stereocenters. The number of aromatic nitrogens is 1. The van der Waals surface area contributed by atoms with Gasteiger partial charge in [-0.25, -0.2) is 4.79 Å². The molecule has 96 valence electrons. The summed E-state index contributed by atoms with van der Waals surface area (Å²) in [6.45, 7) is 0. The second kappa shape index (κ2) is 3.84. The minimum Gasteiger partial charge on any atom is -0.478 e. The van der Waals surface area contributed by atoms with Gasteiger partial charge in [-0.2, -0.15) is 0 Å². The Kier molecular flexibility index (Phi) is 2.12. The Morgan fingerprint density at radius 1 is 0.900 bits per heavy atom. The number of carboxylic acids is 1. The number of hydrogen-bond donors (Lipinski definition) is 2. The molecule has 0 saturated carbocycles. The van der Waals surface area contributed by atoms with E-state index in [1.165, 1.54) is 0 Å². The molecule has 3 aromatic carbocycles. The van der Waals surface area contributed by atoms with Crippen molar-refractivity contribution in [3.63, 3.8) is 0 Å². The highest BCUT2D eigenvalue weighted by Crippen LogP contribution is 2.33. The van der Waals surface area contributed by atoms with Gasteiger partial charge in [0.2, 0.25) is 0 Å². The Labute approximate surface area is 114 Å². The smallest absolute Gasteiger partial charge is 0.337 e. The molecule has 0 amide bonds. The van der Waals surface area contributed by atoms with Crippen LogP contribution in [0.5, 0.6) is 0 Å². The van der Waals surface area contributed by atoms with Gasteiger partial charge in [0, 0.05) is 16.3 Å². The molecular formula is C17H11NO2. The Bertz CT molecular complexity index is 982. The molecule has 0 fully saturated rings. The monoisotopic (exact) mass is 261 g/mol. The first kappa shape index (κ1) is 11.1. The van der Waals surface area contributed by atoms with Crippen molar-refractivity contribution in [2.24, 2.45) is 0 Å². The van der Waals surface area contributed by atoms with Crippen LogP contribution in [-0.4, -0.2) is 16.1 Å². The van der Waals surface area contributed by atoms with Crippen LogP contribution in [0.1, 0.15) is 10.4 Å². The second-order valence-electron chi connectivity index (χ2n) is 4.87. The van der Waals surface area contributed by atoms with Gasteiger partial charge in [-0.05, 0) is 22.9 Å². The fraction of sp³-hybridized carbons (Fsp3) is 0. The molecule has 0 bridgehead atoms. The van der Waals surface area contributed by atoms with Crippen molar-refractivity contribution in [1.82, 2.24) is 4.98 Å². The summed E-state index contributed by atoms with van der Waals surface area (Å²) < 4.78 is 0. The van der Waals surface area contributed by atoms with Gasteiger partial charge in [-0.3, -0.25) is 0 Å². The number of para-hydroxylation sites is 1. The molecule has 0 aliphatic carbocycles. The van der Waals surface area contributed by atoms with E-state index in [-0.39, 0.29) is 0 Å². The Morgan fingerprint density at radius 2 is 1.70 bits per heavy atom. The minimum absolute atomic E-state index is 0.308. The standard InChI is InChI=1S/C17H11NO2/c19-17(20)13-7-3-6-12-15-11-5-2-1-4-10(11)8-9-14(15)18-16(12)13/h1-9,18H,(H,19,20). The first-order chi connectivity index (χ1) is 9.75. The van der Waals surface area contributed by atoms with Crippen molar-refractivity contribution in [2.75, 3.05) is 0 Å². The molecule has 0 aliphatic rings. The zero-order chi connectivity index (χ0) is 13.7. The number of aromatic amines is 1. The lowest BCUT2D eigenvalue weighted by atomic mass is 10.0. The first-order valence-electron chi connectivity index (χ1n) is 6.41. The van der Waals surface area contributed by atoms with Gasteiger partial charge >= 0.3 is 5.97 Å². The Hall–Kier alpha value is -2.81. The van der Waals surface area contributed by atoms with Crippen molar-refractivity contribution in [3.05, 3.63) is 60.2 Å². The predicted molar refractivity (Wildman–Crippen MR) is 80.3 cm³/mol. The SMILES string of the molecule is O=C(O)c1cccc2c1[nH]c1ccc3ccccc3c12. The zero-order valence-corrected chi connectivity index (χ0v) is 10.6. The molecule has 0 atom stereocenters. The number of hydrogen-bond acceptors (Lipinski definition) is 1. The molecule has 3 nitrogen and oxygen atoms in total. The van der Waals surface area contributed by atoms with Gasteiger partial charge in [-0.1, -0.05) is 42.5 Å². The molecule has 1 heterocycles. The fourth-order valence-electron chi connectivity index (χ4n) is 2.87. The lowest BCUT2D eigenvalue weighted by Gasteiger charge is -2.00. The molecule has 20 heavy (non-hydrogen) atoms. The molecule has 1 aromatic heterocycles. The maximum atomic E-state index is 11.3. The minimum atomic E-state index is -0.911. The summed E-state index contributed by atoms with van der Waals surface area (Å²) in [7, 11) is 0. The largest absolute Gasteiger partial charge is 0.478 e. The van der Waals surface area contributed by atoms with Crippen LogP contribution < -0.4 is 0 Å². The average Bonchev–Trinajstić information content (AvgIpc) is 2.85. The Morgan fingerprint density at radius 3 is 2.55 bits per heavy atom. The molecule has 0 saturated heterocycles. The second-order valence-corrected chi connectivity index (χ2v) is 4.87. The molecule has 4 rings (SSSR count). The van der Waals surface area contributed by atoms with Crippen LogP contribution in [0.15, 0.2) is 54.6 Å². The summed E-state index contributed by atoms with van der Waals surface area (Å²) in [6.07, 6.45) is 0. The molecule has 0 spiro atoms. The van der Waals surface area contributed by atoms with E-state index in [0.29, 0.717) is 11.1 Å². The highest BCUT2D eigenvalue weighted by Gasteiger charge is 2.13. The summed E-state index contributed by atoms with van der Waals surface area (Å²) in [5.74, 6) is -0.911. The highest BCUT2D eigenvalue weighted by atomic mass is 16.4. The molecule has 0 radical (unpaired) electrons. The predicted octanol–water partition coefficient (Wildman–Crippen LogP) is 4.17. The number of nitrogens with one attached hydrogen (secondary N) is 1. The lowest BCUT2D eigenvalue weighted by molar-refractivity contribution is 0.0699. The van der Waals surface area contributed by atoms with Gasteiger partial charge in [-0.15, -0.1) is 0 Å². The van der Waals surface area contributed by atoms with E-state index in [4.69, 9.17) is 0 Å². The number of benzene rings is 3. The zero-order valence-electron chi connectivity index (χ0n) is 10.6. The molecule has 0 aliphatic heterocycles. The van der Waals surface area contributed by atoms with Crippen molar-refractivity contribution in [2.45, 2.75) is 0 Å². The molecule has 3 heteroatoms. The number of fused-ring (bicyclic) bond motifs is 5. The van der Waals surface area contributed by atoms with Crippen LogP contribution in [0.4, 0.5) is 0 Å². The molecule has 2 N–H and O–H groups in total. The number of carboxylic acid groups (broad SMARTS) is 1. The number of aromatic carboxylic acids is 1. The van der Waals surface area contributed by atoms with Crippen molar-refractivity contribution < 1.29 is 9.90 Å². The topological polar surface area (TPSA) is 53.1 Å². The van der Waals surface area contributed by atoms with E-state index in [9.17, 15) is 9.90 Å². The highest BCUT2D eigenvalue weighted by molar-refractivity contribution is 6.22. The third-order valence-corrected chi connectivity index (χ3v) is 3.75. The summed E-state index contributed by atoms with van der Waals surface area (Å²) in [5.41, 5.74) is 1.96. The van der Waals surface area contributed by atoms with Crippen LogP contribution in [0.3, 0.4) is 0 Å². The maximum Gasteiger partial charge on any atom is 0.337 e. The summed E-state index contributed by atoms with van der Waals surface area (Å²) in [5, 5.41) is 13.6. The molecular weight excluding hydrogens is 250 g/mol. The quantitative estimate of drug-likeness (QED) is 0.540. The van der Waals surface area contributed by atoms with Crippen LogP contribution >= 0.6 is 0 Å². The van der Waals surface area contributed by atoms with E-state index in [1.54, 1.807) is 12.1 Å².